The first-order chi connectivity index (χ1) is 10.7. The van der Waals surface area contributed by atoms with E-state index in [1.807, 2.05) is 54.6 Å². The van der Waals surface area contributed by atoms with Crippen molar-refractivity contribution < 1.29 is 9.13 Å². The Balaban J connectivity index is 2.22. The van der Waals surface area contributed by atoms with Crippen LogP contribution in [0.3, 0.4) is 0 Å². The van der Waals surface area contributed by atoms with Crippen molar-refractivity contribution >= 4 is 15.9 Å². The molecule has 110 valence electrons. The monoisotopic (exact) mass is 356 g/mol. The number of hydrogen-bond acceptors (Lipinski definition) is 1. The second-order valence-corrected chi connectivity index (χ2v) is 5.73. The quantitative estimate of drug-likeness (QED) is 0.564. The Morgan fingerprint density at radius 3 is 2.32 bits per heavy atom. The fourth-order valence-electron chi connectivity index (χ4n) is 2.47. The predicted molar refractivity (Wildman–Crippen MR) is 91.5 cm³/mol. The second-order valence-electron chi connectivity index (χ2n) is 4.88. The van der Waals surface area contributed by atoms with Gasteiger partial charge in [-0.2, -0.15) is 0 Å². The van der Waals surface area contributed by atoms with Crippen LogP contribution in [0.15, 0.2) is 71.2 Å². The molecular formula is C19H14BrFO. The first-order valence-corrected chi connectivity index (χ1v) is 7.68. The summed E-state index contributed by atoms with van der Waals surface area (Å²) in [5.41, 5.74) is 3.34. The van der Waals surface area contributed by atoms with Gasteiger partial charge in [-0.25, -0.2) is 4.39 Å². The Morgan fingerprint density at radius 1 is 0.864 bits per heavy atom. The van der Waals surface area contributed by atoms with Crippen LogP contribution in [0.2, 0.25) is 0 Å². The van der Waals surface area contributed by atoms with E-state index in [0.29, 0.717) is 15.8 Å². The van der Waals surface area contributed by atoms with E-state index in [1.165, 1.54) is 6.07 Å². The third kappa shape index (κ3) is 2.77. The number of rotatable bonds is 3. The summed E-state index contributed by atoms with van der Waals surface area (Å²) in [5, 5.41) is 0. The summed E-state index contributed by atoms with van der Waals surface area (Å²) in [4.78, 5) is 0. The summed E-state index contributed by atoms with van der Waals surface area (Å²) >= 11 is 3.43. The maximum absolute atomic E-state index is 14.3. The highest BCUT2D eigenvalue weighted by Gasteiger charge is 2.15. The lowest BCUT2D eigenvalue weighted by Crippen LogP contribution is -1.92. The first kappa shape index (κ1) is 14.8. The largest absolute Gasteiger partial charge is 0.496 e. The second kappa shape index (κ2) is 6.32. The van der Waals surface area contributed by atoms with Crippen LogP contribution in [0.5, 0.6) is 5.75 Å². The van der Waals surface area contributed by atoms with Crippen LogP contribution >= 0.6 is 15.9 Å². The van der Waals surface area contributed by atoms with Crippen LogP contribution in [0, 0.1) is 5.82 Å². The molecule has 0 aliphatic carbocycles. The van der Waals surface area contributed by atoms with Gasteiger partial charge in [0.2, 0.25) is 0 Å². The van der Waals surface area contributed by atoms with E-state index in [9.17, 15) is 4.39 Å². The molecule has 3 aromatic carbocycles. The highest BCUT2D eigenvalue weighted by Crippen LogP contribution is 2.39. The third-order valence-corrected chi connectivity index (χ3v) is 4.20. The summed E-state index contributed by atoms with van der Waals surface area (Å²) in [6.07, 6.45) is 0. The molecule has 0 heterocycles. The molecule has 0 saturated carbocycles. The lowest BCUT2D eigenvalue weighted by Gasteiger charge is -2.13. The van der Waals surface area contributed by atoms with Gasteiger partial charge in [0.15, 0.2) is 0 Å². The van der Waals surface area contributed by atoms with Gasteiger partial charge in [-0.15, -0.1) is 0 Å². The van der Waals surface area contributed by atoms with Gasteiger partial charge in [0.25, 0.3) is 0 Å². The van der Waals surface area contributed by atoms with Gasteiger partial charge in [-0.3, -0.25) is 0 Å². The molecule has 0 aliphatic heterocycles. The number of benzene rings is 3. The summed E-state index contributed by atoms with van der Waals surface area (Å²) in [7, 11) is 1.59. The van der Waals surface area contributed by atoms with Crippen LogP contribution in [-0.2, 0) is 0 Å². The van der Waals surface area contributed by atoms with Crippen molar-refractivity contribution in [3.8, 4) is 28.0 Å². The summed E-state index contributed by atoms with van der Waals surface area (Å²) in [6.45, 7) is 0. The van der Waals surface area contributed by atoms with E-state index >= 15 is 0 Å². The van der Waals surface area contributed by atoms with Gasteiger partial charge >= 0.3 is 0 Å². The highest BCUT2D eigenvalue weighted by atomic mass is 79.9. The van der Waals surface area contributed by atoms with Gasteiger partial charge in [0.1, 0.15) is 11.6 Å². The number of halogens is 2. The molecule has 0 saturated heterocycles. The average Bonchev–Trinajstić information content (AvgIpc) is 2.55. The Labute approximate surface area is 137 Å². The molecule has 3 rings (SSSR count). The smallest absolute Gasteiger partial charge is 0.132 e. The van der Waals surface area contributed by atoms with Crippen LogP contribution in [0.4, 0.5) is 4.39 Å². The summed E-state index contributed by atoms with van der Waals surface area (Å²) < 4.78 is 20.4. The zero-order chi connectivity index (χ0) is 15.5. The molecule has 3 heteroatoms. The molecule has 0 aliphatic rings. The molecule has 0 bridgehead atoms. The molecule has 0 fully saturated rings. The lowest BCUT2D eigenvalue weighted by atomic mass is 9.98. The van der Waals surface area contributed by atoms with Crippen LogP contribution in [0.1, 0.15) is 0 Å². The number of methoxy groups -OCH3 is 1. The van der Waals surface area contributed by atoms with Gasteiger partial charge in [-0.05, 0) is 35.4 Å². The lowest BCUT2D eigenvalue weighted by molar-refractivity contribution is 0.416. The standard InChI is InChI=1S/C19H14BrFO/c1-22-18-11-10-14(13-6-3-2-4-7-13)12-15(18)19-16(20)8-5-9-17(19)21/h2-12H,1H3. The molecule has 0 spiro atoms. The summed E-state index contributed by atoms with van der Waals surface area (Å²) in [5.74, 6) is 0.364. The Kier molecular flexibility index (Phi) is 4.25. The highest BCUT2D eigenvalue weighted by molar-refractivity contribution is 9.10. The SMILES string of the molecule is COc1ccc(-c2ccccc2)cc1-c1c(F)cccc1Br. The van der Waals surface area contributed by atoms with E-state index in [2.05, 4.69) is 15.9 Å². The molecule has 0 aromatic heterocycles. The Hall–Kier alpha value is -2.13. The van der Waals surface area contributed by atoms with Gasteiger partial charge in [-0.1, -0.05) is 58.4 Å². The van der Waals surface area contributed by atoms with E-state index in [4.69, 9.17) is 4.74 Å². The van der Waals surface area contributed by atoms with Crippen LogP contribution in [-0.4, -0.2) is 7.11 Å². The first-order valence-electron chi connectivity index (χ1n) is 6.88. The van der Waals surface area contributed by atoms with Crippen molar-refractivity contribution in [2.75, 3.05) is 7.11 Å². The number of ether oxygens (including phenoxy) is 1. The van der Waals surface area contributed by atoms with E-state index < -0.39 is 0 Å². The normalized spacial score (nSPS) is 10.5. The zero-order valence-electron chi connectivity index (χ0n) is 12.0. The zero-order valence-corrected chi connectivity index (χ0v) is 13.6. The Bertz CT molecular complexity index is 780. The molecule has 0 N–H and O–H groups in total. The van der Waals surface area contributed by atoms with E-state index in [0.717, 1.165) is 16.7 Å². The minimum absolute atomic E-state index is 0.280. The van der Waals surface area contributed by atoms with Crippen LogP contribution < -0.4 is 4.74 Å². The fourth-order valence-corrected chi connectivity index (χ4v) is 3.02. The van der Waals surface area contributed by atoms with Crippen molar-refractivity contribution in [2.45, 2.75) is 0 Å². The van der Waals surface area contributed by atoms with E-state index in [1.54, 1.807) is 13.2 Å². The molecule has 1 nitrogen and oxygen atoms in total. The van der Waals surface area contributed by atoms with Crippen LogP contribution in [0.25, 0.3) is 22.3 Å². The predicted octanol–water partition coefficient (Wildman–Crippen LogP) is 5.93. The van der Waals surface area contributed by atoms with Crippen molar-refractivity contribution in [2.24, 2.45) is 0 Å². The van der Waals surface area contributed by atoms with Crippen molar-refractivity contribution in [3.05, 3.63) is 77.0 Å². The third-order valence-electron chi connectivity index (χ3n) is 3.54. The maximum Gasteiger partial charge on any atom is 0.132 e. The van der Waals surface area contributed by atoms with Gasteiger partial charge in [0.05, 0.1) is 7.11 Å². The topological polar surface area (TPSA) is 9.23 Å². The maximum atomic E-state index is 14.3. The minimum Gasteiger partial charge on any atom is -0.496 e. The molecule has 0 radical (unpaired) electrons. The van der Waals surface area contributed by atoms with Gasteiger partial charge in [0, 0.05) is 15.6 Å². The van der Waals surface area contributed by atoms with Crippen molar-refractivity contribution in [1.29, 1.82) is 0 Å². The van der Waals surface area contributed by atoms with E-state index in [-0.39, 0.29) is 5.82 Å². The van der Waals surface area contributed by atoms with Crippen molar-refractivity contribution in [3.63, 3.8) is 0 Å². The average molecular weight is 357 g/mol. The molecular weight excluding hydrogens is 343 g/mol. The Morgan fingerprint density at radius 2 is 1.64 bits per heavy atom. The molecule has 22 heavy (non-hydrogen) atoms. The number of hydrogen-bond donors (Lipinski definition) is 0. The molecule has 0 atom stereocenters. The minimum atomic E-state index is -0.280. The summed E-state index contributed by atoms with van der Waals surface area (Å²) in [6, 6.07) is 20.8. The molecule has 0 amide bonds. The molecule has 3 aromatic rings. The molecule has 0 unspecified atom stereocenters. The fraction of sp³-hybridized carbons (Fsp3) is 0.0526. The van der Waals surface area contributed by atoms with Gasteiger partial charge < -0.3 is 4.74 Å². The van der Waals surface area contributed by atoms with Crippen molar-refractivity contribution in [1.82, 2.24) is 0 Å².